The second-order valence-corrected chi connectivity index (χ2v) is 12.3. The Morgan fingerprint density at radius 3 is 2.58 bits per heavy atom. The minimum Gasteiger partial charge on any atom is -0.489 e. The lowest BCUT2D eigenvalue weighted by Crippen LogP contribution is -2.58. The van der Waals surface area contributed by atoms with Crippen LogP contribution < -0.4 is 25.4 Å². The lowest BCUT2D eigenvalue weighted by atomic mass is 9.53. The molecule has 0 bridgehead atoms. The average Bonchev–Trinajstić information content (AvgIpc) is 3.54. The van der Waals surface area contributed by atoms with E-state index in [9.17, 15) is 14.7 Å². The predicted molar refractivity (Wildman–Crippen MR) is 150 cm³/mol. The molecular formula is C30H37N5O5. The number of nitrogens with zero attached hydrogens (tertiary/aromatic N) is 3. The van der Waals surface area contributed by atoms with E-state index >= 15 is 0 Å². The number of hydrogen-bond donors (Lipinski definition) is 3. The number of rotatable bonds is 9. The number of aliphatic hydroxyl groups is 1. The fraction of sp³-hybridized carbons (Fsp3) is 0.500. The molecule has 1 spiro atoms. The number of carbonyl (C=O) groups is 2. The van der Waals surface area contributed by atoms with Crippen LogP contribution in [0.3, 0.4) is 0 Å². The van der Waals surface area contributed by atoms with Crippen molar-refractivity contribution in [2.75, 3.05) is 24.6 Å². The summed E-state index contributed by atoms with van der Waals surface area (Å²) in [5.41, 5.74) is 7.57. The minimum absolute atomic E-state index is 0.0380. The molecule has 3 aromatic rings. The molecule has 1 aliphatic heterocycles. The van der Waals surface area contributed by atoms with Gasteiger partial charge >= 0.3 is 0 Å². The maximum absolute atomic E-state index is 13.0. The van der Waals surface area contributed by atoms with Crippen LogP contribution in [-0.4, -0.2) is 64.0 Å². The zero-order valence-electron chi connectivity index (χ0n) is 23.1. The summed E-state index contributed by atoms with van der Waals surface area (Å²) in [6, 6.07) is 9.37. The highest BCUT2D eigenvalue weighted by molar-refractivity contribution is 6.00. The van der Waals surface area contributed by atoms with E-state index in [2.05, 4.69) is 15.3 Å². The van der Waals surface area contributed by atoms with Gasteiger partial charge in [0.15, 0.2) is 0 Å². The Labute approximate surface area is 233 Å². The van der Waals surface area contributed by atoms with E-state index in [0.717, 1.165) is 44.5 Å². The normalized spacial score (nSPS) is 24.0. The number of anilines is 1. The van der Waals surface area contributed by atoms with Crippen LogP contribution in [-0.2, 0) is 0 Å². The van der Waals surface area contributed by atoms with E-state index in [4.69, 9.17) is 15.2 Å². The molecule has 40 heavy (non-hydrogen) atoms. The summed E-state index contributed by atoms with van der Waals surface area (Å²) in [7, 11) is 0. The number of fused-ring (bicyclic) bond motifs is 1. The van der Waals surface area contributed by atoms with Crippen molar-refractivity contribution in [2.45, 2.75) is 70.1 Å². The number of amides is 2. The fourth-order valence-electron chi connectivity index (χ4n) is 6.32. The number of hydrogen-bond acceptors (Lipinski definition) is 7. The van der Waals surface area contributed by atoms with Crippen molar-refractivity contribution in [3.05, 3.63) is 53.9 Å². The molecule has 3 fully saturated rings. The van der Waals surface area contributed by atoms with Crippen molar-refractivity contribution in [3.63, 3.8) is 0 Å². The van der Waals surface area contributed by atoms with E-state index in [1.54, 1.807) is 49.0 Å². The molecular weight excluding hydrogens is 510 g/mol. The number of pyridine rings is 1. The fourth-order valence-corrected chi connectivity index (χ4v) is 6.32. The number of ether oxygens (including phenoxy) is 2. The lowest BCUT2D eigenvalue weighted by Gasteiger charge is -2.57. The molecule has 2 aromatic heterocycles. The Hall–Kier alpha value is -3.79. The third-order valence-corrected chi connectivity index (χ3v) is 8.34. The summed E-state index contributed by atoms with van der Waals surface area (Å²) in [5.74, 6) is 0.520. The molecule has 3 aliphatic rings. The Kier molecular flexibility index (Phi) is 6.60. The Morgan fingerprint density at radius 1 is 1.12 bits per heavy atom. The first-order valence-corrected chi connectivity index (χ1v) is 14.1. The smallest absolute Gasteiger partial charge is 0.255 e. The molecule has 10 heteroatoms. The molecule has 2 aliphatic carbocycles. The van der Waals surface area contributed by atoms with Crippen LogP contribution >= 0.6 is 0 Å². The van der Waals surface area contributed by atoms with Gasteiger partial charge in [-0.15, -0.1) is 0 Å². The van der Waals surface area contributed by atoms with Gasteiger partial charge in [-0.1, -0.05) is 0 Å². The van der Waals surface area contributed by atoms with Crippen molar-refractivity contribution in [3.8, 4) is 11.5 Å². The highest BCUT2D eigenvalue weighted by atomic mass is 16.5. The molecule has 0 unspecified atom stereocenters. The molecule has 212 valence electrons. The molecule has 2 saturated carbocycles. The Bertz CT molecular complexity index is 1420. The molecule has 0 radical (unpaired) electrons. The van der Waals surface area contributed by atoms with Crippen LogP contribution in [0.2, 0.25) is 0 Å². The SMILES string of the molecule is CC(C)(O)COc1ccc2c(C(=O)NC3CC4(C3)CC(Oc3cc(N5CCCC5)ccc3C(N)=O)C4)cnn2c1. The van der Waals surface area contributed by atoms with Crippen LogP contribution in [0.25, 0.3) is 5.52 Å². The molecule has 2 amide bonds. The molecule has 3 heterocycles. The largest absolute Gasteiger partial charge is 0.489 e. The van der Waals surface area contributed by atoms with Crippen molar-refractivity contribution in [1.82, 2.24) is 14.9 Å². The van der Waals surface area contributed by atoms with E-state index in [-0.39, 0.29) is 30.1 Å². The number of primary amides is 1. The van der Waals surface area contributed by atoms with E-state index < -0.39 is 11.5 Å². The van der Waals surface area contributed by atoms with Gasteiger partial charge in [0.05, 0.1) is 40.7 Å². The van der Waals surface area contributed by atoms with Crippen LogP contribution in [0.15, 0.2) is 42.7 Å². The highest BCUT2D eigenvalue weighted by Gasteiger charge is 2.54. The minimum atomic E-state index is -0.943. The van der Waals surface area contributed by atoms with E-state index in [1.807, 2.05) is 12.1 Å². The summed E-state index contributed by atoms with van der Waals surface area (Å²) >= 11 is 0. The third-order valence-electron chi connectivity index (χ3n) is 8.34. The first-order valence-electron chi connectivity index (χ1n) is 14.1. The van der Waals surface area contributed by atoms with Crippen molar-refractivity contribution in [1.29, 1.82) is 0 Å². The monoisotopic (exact) mass is 547 g/mol. The van der Waals surface area contributed by atoms with E-state index in [1.165, 1.54) is 12.8 Å². The predicted octanol–water partition coefficient (Wildman–Crippen LogP) is 3.30. The van der Waals surface area contributed by atoms with Crippen molar-refractivity contribution >= 4 is 23.0 Å². The molecule has 1 aromatic carbocycles. The van der Waals surface area contributed by atoms with Crippen molar-refractivity contribution < 1.29 is 24.2 Å². The van der Waals surface area contributed by atoms with Crippen LogP contribution in [0.5, 0.6) is 11.5 Å². The van der Waals surface area contributed by atoms with Gasteiger partial charge in [-0.05, 0) is 82.1 Å². The summed E-state index contributed by atoms with van der Waals surface area (Å²) < 4.78 is 13.5. The number of nitrogens with one attached hydrogen (secondary N) is 1. The first kappa shape index (κ1) is 26.4. The first-order chi connectivity index (χ1) is 19.1. The summed E-state index contributed by atoms with van der Waals surface area (Å²) in [4.78, 5) is 27.4. The van der Waals surface area contributed by atoms with Crippen LogP contribution in [0.4, 0.5) is 5.69 Å². The quantitative estimate of drug-likeness (QED) is 0.375. The van der Waals surface area contributed by atoms with Gasteiger partial charge in [-0.3, -0.25) is 9.59 Å². The lowest BCUT2D eigenvalue weighted by molar-refractivity contribution is -0.0834. The van der Waals surface area contributed by atoms with Gasteiger partial charge in [-0.25, -0.2) is 4.52 Å². The maximum atomic E-state index is 13.0. The molecule has 6 rings (SSSR count). The van der Waals surface area contributed by atoms with Crippen molar-refractivity contribution in [2.24, 2.45) is 11.1 Å². The highest BCUT2D eigenvalue weighted by Crippen LogP contribution is 2.57. The molecule has 10 nitrogen and oxygen atoms in total. The van der Waals surface area contributed by atoms with Crippen LogP contribution in [0, 0.1) is 5.41 Å². The van der Waals surface area contributed by atoms with Gasteiger partial charge in [0.1, 0.15) is 18.1 Å². The van der Waals surface area contributed by atoms with Crippen LogP contribution in [0.1, 0.15) is 73.1 Å². The molecule has 1 saturated heterocycles. The zero-order chi connectivity index (χ0) is 28.1. The summed E-state index contributed by atoms with van der Waals surface area (Å²) in [5, 5.41) is 17.3. The van der Waals surface area contributed by atoms with Gasteiger partial charge < -0.3 is 30.5 Å². The number of aromatic nitrogens is 2. The standard InChI is InChI=1S/C30H37N5O5/c1-29(2,38)18-39-21-6-8-25-24(16-32-35(25)17-21)28(37)33-19-12-30(13-19)14-22(15-30)40-26-11-20(34-9-3-4-10-34)5-7-23(26)27(31)36/h5-8,11,16-17,19,22,38H,3-4,9-10,12-15,18H2,1-2H3,(H2,31,36)(H,33,37). The third kappa shape index (κ3) is 5.32. The van der Waals surface area contributed by atoms with E-state index in [0.29, 0.717) is 28.1 Å². The molecule has 0 atom stereocenters. The Balaban J connectivity index is 1.02. The summed E-state index contributed by atoms with van der Waals surface area (Å²) in [6.07, 6.45) is 9.27. The number of nitrogens with two attached hydrogens (primary N) is 1. The average molecular weight is 548 g/mol. The second-order valence-electron chi connectivity index (χ2n) is 12.3. The number of benzene rings is 1. The second kappa shape index (κ2) is 9.99. The van der Waals surface area contributed by atoms with Gasteiger partial charge in [-0.2, -0.15) is 5.10 Å². The summed E-state index contributed by atoms with van der Waals surface area (Å²) in [6.45, 7) is 5.54. The number of carbonyl (C=O) groups excluding carboxylic acids is 2. The topological polar surface area (TPSA) is 131 Å². The molecule has 4 N–H and O–H groups in total. The zero-order valence-corrected chi connectivity index (χ0v) is 23.1. The van der Waals surface area contributed by atoms with Gasteiger partial charge in [0, 0.05) is 30.9 Å². The van der Waals surface area contributed by atoms with Gasteiger partial charge in [0.25, 0.3) is 11.8 Å². The Morgan fingerprint density at radius 2 is 1.88 bits per heavy atom. The maximum Gasteiger partial charge on any atom is 0.255 e. The van der Waals surface area contributed by atoms with Gasteiger partial charge in [0.2, 0.25) is 0 Å².